The van der Waals surface area contributed by atoms with E-state index in [0.717, 1.165) is 22.8 Å². The van der Waals surface area contributed by atoms with Crippen molar-refractivity contribution in [3.63, 3.8) is 0 Å². The fourth-order valence-corrected chi connectivity index (χ4v) is 3.60. The van der Waals surface area contributed by atoms with Crippen LogP contribution in [0.3, 0.4) is 0 Å². The van der Waals surface area contributed by atoms with Crippen LogP contribution in [0.15, 0.2) is 61.1 Å². The highest BCUT2D eigenvalue weighted by molar-refractivity contribution is 6.32. The summed E-state index contributed by atoms with van der Waals surface area (Å²) in [5, 5.41) is 21.3. The first kappa shape index (κ1) is 23.0. The molecule has 0 radical (unpaired) electrons. The zero-order chi connectivity index (χ0) is 24.2. The number of pyridine rings is 1. The first-order chi connectivity index (χ1) is 16.3. The Hall–Kier alpha value is -4.16. The molecule has 0 aliphatic carbocycles. The van der Waals surface area contributed by atoms with Gasteiger partial charge in [-0.2, -0.15) is 15.5 Å². The summed E-state index contributed by atoms with van der Waals surface area (Å²) in [4.78, 5) is 19.0. The molecule has 172 valence electrons. The average molecular weight is 475 g/mol. The average Bonchev–Trinajstić information content (AvgIpc) is 3.49. The smallest absolute Gasteiger partial charge is 0.272 e. The van der Waals surface area contributed by atoms with Crippen molar-refractivity contribution in [1.82, 2.24) is 29.9 Å². The number of amides is 1. The van der Waals surface area contributed by atoms with E-state index in [4.69, 9.17) is 16.9 Å². The summed E-state index contributed by atoms with van der Waals surface area (Å²) < 4.78 is 3.37. The number of hydrogen-bond donors (Lipinski definition) is 1. The maximum atomic E-state index is 12.7. The van der Waals surface area contributed by atoms with Crippen LogP contribution in [-0.2, 0) is 6.54 Å². The monoisotopic (exact) mass is 474 g/mol. The molecule has 1 unspecified atom stereocenters. The Labute approximate surface area is 202 Å². The second-order valence-electron chi connectivity index (χ2n) is 8.02. The van der Waals surface area contributed by atoms with Gasteiger partial charge in [0.1, 0.15) is 11.9 Å². The number of benzene rings is 1. The van der Waals surface area contributed by atoms with Crippen LogP contribution >= 0.6 is 11.6 Å². The lowest BCUT2D eigenvalue weighted by atomic mass is 10.1. The van der Waals surface area contributed by atoms with Gasteiger partial charge >= 0.3 is 0 Å². The van der Waals surface area contributed by atoms with Crippen LogP contribution in [0.1, 0.15) is 23.0 Å². The molecule has 34 heavy (non-hydrogen) atoms. The topological polar surface area (TPSA) is 105 Å². The second kappa shape index (κ2) is 9.77. The third-order valence-corrected chi connectivity index (χ3v) is 5.45. The number of carbonyl (C=O) groups is 1. The molecule has 3 heterocycles. The standard InChI is InChI=1S/C24H23ClN8O/c1-16(15-32-10-8-21(29-32)17-4-5-18(13-26)20(25)12-17)28-24(34)22-9-11-33(30-22)19-6-7-23(27-14-19)31(2)3/h4-12,14,16H,15H2,1-3H3,(H,28,34). The summed E-state index contributed by atoms with van der Waals surface area (Å²) in [6.07, 6.45) is 5.28. The molecule has 0 fully saturated rings. The highest BCUT2D eigenvalue weighted by Crippen LogP contribution is 2.24. The molecular formula is C24H23ClN8O. The maximum absolute atomic E-state index is 12.7. The summed E-state index contributed by atoms with van der Waals surface area (Å²) in [6.45, 7) is 2.38. The number of carbonyl (C=O) groups excluding carboxylic acids is 1. The van der Waals surface area contributed by atoms with Crippen molar-refractivity contribution >= 4 is 23.3 Å². The molecule has 1 aromatic carbocycles. The molecule has 9 nitrogen and oxygen atoms in total. The van der Waals surface area contributed by atoms with E-state index >= 15 is 0 Å². The zero-order valence-electron chi connectivity index (χ0n) is 19.0. The van der Waals surface area contributed by atoms with Gasteiger partial charge in [-0.25, -0.2) is 9.67 Å². The lowest BCUT2D eigenvalue weighted by Gasteiger charge is -2.13. The Kier molecular flexibility index (Phi) is 6.61. The molecule has 1 atom stereocenters. The molecule has 0 spiro atoms. The largest absolute Gasteiger partial charge is 0.363 e. The van der Waals surface area contributed by atoms with Crippen LogP contribution in [0.2, 0.25) is 5.02 Å². The first-order valence-electron chi connectivity index (χ1n) is 10.6. The summed E-state index contributed by atoms with van der Waals surface area (Å²) in [5.74, 6) is 0.571. The summed E-state index contributed by atoms with van der Waals surface area (Å²) >= 11 is 6.13. The Bertz CT molecular complexity index is 1350. The third-order valence-electron chi connectivity index (χ3n) is 5.14. The second-order valence-corrected chi connectivity index (χ2v) is 8.43. The first-order valence-corrected chi connectivity index (χ1v) is 11.0. The summed E-state index contributed by atoms with van der Waals surface area (Å²) in [7, 11) is 3.85. The van der Waals surface area contributed by atoms with E-state index in [0.29, 0.717) is 22.8 Å². The Morgan fingerprint density at radius 3 is 2.68 bits per heavy atom. The molecule has 0 saturated carbocycles. The van der Waals surface area contributed by atoms with Crippen molar-refractivity contribution in [3.8, 4) is 23.0 Å². The van der Waals surface area contributed by atoms with E-state index in [1.54, 1.807) is 40.0 Å². The van der Waals surface area contributed by atoms with Crippen LogP contribution in [0.25, 0.3) is 16.9 Å². The normalized spacial score (nSPS) is 11.6. The molecule has 0 aliphatic heterocycles. The zero-order valence-corrected chi connectivity index (χ0v) is 19.7. The van der Waals surface area contributed by atoms with E-state index in [1.807, 2.05) is 62.5 Å². The van der Waals surface area contributed by atoms with Crippen LogP contribution in [-0.4, -0.2) is 50.6 Å². The number of anilines is 1. The molecule has 0 aliphatic rings. The molecule has 4 rings (SSSR count). The molecular weight excluding hydrogens is 452 g/mol. The van der Waals surface area contributed by atoms with Gasteiger partial charge in [0.25, 0.3) is 5.91 Å². The molecule has 1 amide bonds. The van der Waals surface area contributed by atoms with E-state index in [2.05, 4.69) is 20.5 Å². The third kappa shape index (κ3) is 5.08. The molecule has 0 bridgehead atoms. The highest BCUT2D eigenvalue weighted by Gasteiger charge is 2.15. The van der Waals surface area contributed by atoms with E-state index in [9.17, 15) is 4.79 Å². The quantitative estimate of drug-likeness (QED) is 0.439. The number of aromatic nitrogens is 5. The maximum Gasteiger partial charge on any atom is 0.272 e. The number of halogens is 1. The predicted molar refractivity (Wildman–Crippen MR) is 130 cm³/mol. The molecule has 3 aromatic heterocycles. The molecule has 1 N–H and O–H groups in total. The molecule has 4 aromatic rings. The van der Waals surface area contributed by atoms with Gasteiger partial charge in [-0.05, 0) is 43.3 Å². The lowest BCUT2D eigenvalue weighted by molar-refractivity contribution is 0.0930. The van der Waals surface area contributed by atoms with Crippen molar-refractivity contribution in [2.24, 2.45) is 0 Å². The van der Waals surface area contributed by atoms with Gasteiger partial charge in [0.15, 0.2) is 5.69 Å². The van der Waals surface area contributed by atoms with E-state index in [1.165, 1.54) is 0 Å². The number of nitrogens with one attached hydrogen (secondary N) is 1. The Balaban J connectivity index is 1.37. The van der Waals surface area contributed by atoms with Crippen molar-refractivity contribution in [2.45, 2.75) is 19.5 Å². The minimum Gasteiger partial charge on any atom is -0.363 e. The SMILES string of the molecule is CC(Cn1ccc(-c2ccc(C#N)c(Cl)c2)n1)NC(=O)c1ccn(-c2ccc(N(C)C)nc2)n1. The molecule has 0 saturated heterocycles. The van der Waals surface area contributed by atoms with Crippen LogP contribution < -0.4 is 10.2 Å². The summed E-state index contributed by atoms with van der Waals surface area (Å²) in [5.41, 5.74) is 3.06. The highest BCUT2D eigenvalue weighted by atomic mass is 35.5. The van der Waals surface area contributed by atoms with Gasteiger partial charge in [0.05, 0.1) is 34.7 Å². The fourth-order valence-electron chi connectivity index (χ4n) is 3.37. The van der Waals surface area contributed by atoms with Crippen molar-refractivity contribution in [3.05, 3.63) is 77.3 Å². The minimum absolute atomic E-state index is 0.184. The van der Waals surface area contributed by atoms with Gasteiger partial charge in [-0.15, -0.1) is 0 Å². The van der Waals surface area contributed by atoms with E-state index < -0.39 is 0 Å². The molecule has 10 heteroatoms. The van der Waals surface area contributed by atoms with Crippen molar-refractivity contribution in [1.29, 1.82) is 5.26 Å². The number of rotatable bonds is 7. The Morgan fingerprint density at radius 2 is 2.00 bits per heavy atom. The van der Waals surface area contributed by atoms with E-state index in [-0.39, 0.29) is 11.9 Å². The summed E-state index contributed by atoms with van der Waals surface area (Å²) in [6, 6.07) is 14.4. The van der Waals surface area contributed by atoms with Crippen LogP contribution in [0.5, 0.6) is 0 Å². The van der Waals surface area contributed by atoms with Crippen LogP contribution in [0.4, 0.5) is 5.82 Å². The van der Waals surface area contributed by atoms with Gasteiger partial charge in [0, 0.05) is 38.1 Å². The van der Waals surface area contributed by atoms with Crippen molar-refractivity contribution < 1.29 is 4.79 Å². The number of hydrogen-bond acceptors (Lipinski definition) is 6. The van der Waals surface area contributed by atoms with Gasteiger partial charge in [-0.1, -0.05) is 17.7 Å². The lowest BCUT2D eigenvalue weighted by Crippen LogP contribution is -2.36. The van der Waals surface area contributed by atoms with Gasteiger partial charge < -0.3 is 10.2 Å². The van der Waals surface area contributed by atoms with Gasteiger partial charge in [0.2, 0.25) is 0 Å². The van der Waals surface area contributed by atoms with Crippen LogP contribution in [0, 0.1) is 11.3 Å². The number of nitrogens with zero attached hydrogens (tertiary/aromatic N) is 7. The number of nitriles is 1. The van der Waals surface area contributed by atoms with Crippen molar-refractivity contribution in [2.75, 3.05) is 19.0 Å². The fraction of sp³-hybridized carbons (Fsp3) is 0.208. The Morgan fingerprint density at radius 1 is 1.18 bits per heavy atom. The minimum atomic E-state index is -0.268. The predicted octanol–water partition coefficient (Wildman–Crippen LogP) is 3.54. The van der Waals surface area contributed by atoms with Gasteiger partial charge in [-0.3, -0.25) is 9.48 Å².